The van der Waals surface area contributed by atoms with Gasteiger partial charge in [-0.1, -0.05) is 0 Å². The Kier molecular flexibility index (Phi) is 3.11. The first-order valence-corrected chi connectivity index (χ1v) is 4.42. The summed E-state index contributed by atoms with van der Waals surface area (Å²) in [6, 6.07) is 1.25. The molecule has 0 aliphatic heterocycles. The topological polar surface area (TPSA) is 111 Å². The first kappa shape index (κ1) is 11.3. The fourth-order valence-electron chi connectivity index (χ4n) is 1.40. The minimum absolute atomic E-state index is 0.0388. The van der Waals surface area contributed by atoms with Crippen molar-refractivity contribution in [2.45, 2.75) is 13.5 Å². The summed E-state index contributed by atoms with van der Waals surface area (Å²) >= 11 is 0. The highest BCUT2D eigenvalue weighted by atomic mass is 16.3. The molecule has 15 heavy (non-hydrogen) atoms. The second-order valence-electron chi connectivity index (χ2n) is 3.17. The van der Waals surface area contributed by atoms with E-state index in [2.05, 4.69) is 0 Å². The number of carbonyl (C=O) groups is 1. The Morgan fingerprint density at radius 1 is 1.60 bits per heavy atom. The number of nitrogens with two attached hydrogens (primary N) is 2. The highest BCUT2D eigenvalue weighted by molar-refractivity contribution is 5.96. The number of aromatic hydroxyl groups is 1. The molecule has 0 radical (unpaired) electrons. The molecule has 0 saturated carbocycles. The van der Waals surface area contributed by atoms with E-state index < -0.39 is 17.3 Å². The monoisotopic (exact) mass is 211 g/mol. The van der Waals surface area contributed by atoms with E-state index in [1.807, 2.05) is 0 Å². The van der Waals surface area contributed by atoms with Crippen LogP contribution in [-0.2, 0) is 6.54 Å². The molecular formula is C9H13N3O3. The number of nitrogens with zero attached hydrogens (tertiary/aromatic N) is 1. The second-order valence-corrected chi connectivity index (χ2v) is 3.17. The van der Waals surface area contributed by atoms with Crippen molar-refractivity contribution in [2.24, 2.45) is 11.5 Å². The van der Waals surface area contributed by atoms with Gasteiger partial charge < -0.3 is 16.6 Å². The van der Waals surface area contributed by atoms with Crippen LogP contribution in [0.5, 0.6) is 5.88 Å². The standard InChI is InChI=1S/C9H13N3O3/c1-5-4-6(13)12(3-2-10)9(15)7(5)8(11)14/h4,15H,2-3,10H2,1H3,(H2,11,14). The van der Waals surface area contributed by atoms with Crippen LogP contribution in [0.4, 0.5) is 0 Å². The van der Waals surface area contributed by atoms with Gasteiger partial charge in [0, 0.05) is 19.2 Å². The van der Waals surface area contributed by atoms with E-state index in [9.17, 15) is 14.7 Å². The van der Waals surface area contributed by atoms with Crippen LogP contribution >= 0.6 is 0 Å². The normalized spacial score (nSPS) is 10.3. The fourth-order valence-corrected chi connectivity index (χ4v) is 1.40. The Balaban J connectivity index is 3.49. The summed E-state index contributed by atoms with van der Waals surface area (Å²) in [5.41, 5.74) is 10.3. The van der Waals surface area contributed by atoms with E-state index in [1.165, 1.54) is 13.0 Å². The number of hydrogen-bond acceptors (Lipinski definition) is 4. The third-order valence-electron chi connectivity index (χ3n) is 2.08. The van der Waals surface area contributed by atoms with Crippen LogP contribution in [0.15, 0.2) is 10.9 Å². The molecule has 6 heteroatoms. The molecule has 0 aliphatic carbocycles. The summed E-state index contributed by atoms with van der Waals surface area (Å²) in [5.74, 6) is -1.19. The van der Waals surface area contributed by atoms with E-state index in [-0.39, 0.29) is 18.7 Å². The van der Waals surface area contributed by atoms with Gasteiger partial charge in [-0.15, -0.1) is 0 Å². The van der Waals surface area contributed by atoms with Gasteiger partial charge in [-0.25, -0.2) is 0 Å². The average Bonchev–Trinajstić information content (AvgIpc) is 2.11. The van der Waals surface area contributed by atoms with Gasteiger partial charge in [0.05, 0.1) is 0 Å². The molecule has 0 fully saturated rings. The number of rotatable bonds is 3. The maximum Gasteiger partial charge on any atom is 0.254 e. The SMILES string of the molecule is Cc1cc(=O)n(CCN)c(O)c1C(N)=O. The molecule has 0 atom stereocenters. The molecule has 1 aromatic rings. The number of amides is 1. The van der Waals surface area contributed by atoms with Crippen molar-refractivity contribution in [1.29, 1.82) is 0 Å². The molecule has 1 amide bonds. The van der Waals surface area contributed by atoms with Crippen molar-refractivity contribution >= 4 is 5.91 Å². The molecule has 1 rings (SSSR count). The van der Waals surface area contributed by atoms with Gasteiger partial charge in [0.25, 0.3) is 11.5 Å². The second kappa shape index (κ2) is 4.14. The van der Waals surface area contributed by atoms with E-state index in [4.69, 9.17) is 11.5 Å². The Morgan fingerprint density at radius 2 is 2.20 bits per heavy atom. The van der Waals surface area contributed by atoms with Crippen LogP contribution in [0.25, 0.3) is 0 Å². The highest BCUT2D eigenvalue weighted by Crippen LogP contribution is 2.17. The highest BCUT2D eigenvalue weighted by Gasteiger charge is 2.16. The lowest BCUT2D eigenvalue weighted by atomic mass is 10.1. The van der Waals surface area contributed by atoms with Crippen molar-refractivity contribution in [3.8, 4) is 5.88 Å². The third-order valence-corrected chi connectivity index (χ3v) is 2.08. The van der Waals surface area contributed by atoms with Crippen molar-refractivity contribution in [3.05, 3.63) is 27.5 Å². The Morgan fingerprint density at radius 3 is 2.67 bits per heavy atom. The zero-order chi connectivity index (χ0) is 11.6. The molecular weight excluding hydrogens is 198 g/mol. The fraction of sp³-hybridized carbons (Fsp3) is 0.333. The number of aryl methyl sites for hydroxylation is 1. The van der Waals surface area contributed by atoms with Crippen LogP contribution in [0, 0.1) is 6.92 Å². The number of aromatic nitrogens is 1. The predicted molar refractivity (Wildman–Crippen MR) is 54.7 cm³/mol. The molecule has 82 valence electrons. The van der Waals surface area contributed by atoms with E-state index in [0.717, 1.165) is 4.57 Å². The van der Waals surface area contributed by atoms with Gasteiger partial charge in [-0.3, -0.25) is 14.2 Å². The molecule has 0 bridgehead atoms. The summed E-state index contributed by atoms with van der Waals surface area (Å²) in [6.07, 6.45) is 0. The molecule has 1 heterocycles. The lowest BCUT2D eigenvalue weighted by Gasteiger charge is -2.11. The van der Waals surface area contributed by atoms with Crippen LogP contribution in [-0.4, -0.2) is 22.1 Å². The maximum absolute atomic E-state index is 11.4. The summed E-state index contributed by atoms with van der Waals surface area (Å²) in [5, 5.41) is 9.66. The summed E-state index contributed by atoms with van der Waals surface area (Å²) in [4.78, 5) is 22.4. The number of pyridine rings is 1. The first-order valence-electron chi connectivity index (χ1n) is 4.42. The Labute approximate surface area is 86.1 Å². The van der Waals surface area contributed by atoms with Crippen molar-refractivity contribution in [1.82, 2.24) is 4.57 Å². The van der Waals surface area contributed by atoms with Crippen molar-refractivity contribution in [3.63, 3.8) is 0 Å². The van der Waals surface area contributed by atoms with Gasteiger partial charge in [0.2, 0.25) is 5.88 Å². The Bertz CT molecular complexity index is 451. The maximum atomic E-state index is 11.4. The van der Waals surface area contributed by atoms with Crippen LogP contribution in [0.2, 0.25) is 0 Å². The van der Waals surface area contributed by atoms with Crippen LogP contribution in [0.3, 0.4) is 0 Å². The van der Waals surface area contributed by atoms with Gasteiger partial charge in [-0.2, -0.15) is 0 Å². The summed E-state index contributed by atoms with van der Waals surface area (Å²) < 4.78 is 1.02. The summed E-state index contributed by atoms with van der Waals surface area (Å²) in [7, 11) is 0. The predicted octanol–water partition coefficient (Wildman–Crippen LogP) is -1.08. The lowest BCUT2D eigenvalue weighted by molar-refractivity contribution is 0.0995. The Hall–Kier alpha value is -1.82. The molecule has 5 N–H and O–H groups in total. The average molecular weight is 211 g/mol. The molecule has 0 aromatic carbocycles. The van der Waals surface area contributed by atoms with Gasteiger partial charge >= 0.3 is 0 Å². The molecule has 0 aliphatic rings. The van der Waals surface area contributed by atoms with E-state index >= 15 is 0 Å². The largest absolute Gasteiger partial charge is 0.494 e. The molecule has 0 spiro atoms. The van der Waals surface area contributed by atoms with Crippen molar-refractivity contribution in [2.75, 3.05) is 6.54 Å². The zero-order valence-electron chi connectivity index (χ0n) is 8.36. The minimum Gasteiger partial charge on any atom is -0.494 e. The molecule has 0 saturated heterocycles. The number of primary amides is 1. The van der Waals surface area contributed by atoms with E-state index in [0.29, 0.717) is 5.56 Å². The number of carbonyl (C=O) groups excluding carboxylic acids is 1. The molecule has 1 aromatic heterocycles. The lowest BCUT2D eigenvalue weighted by Crippen LogP contribution is -2.27. The van der Waals surface area contributed by atoms with Gasteiger partial charge in [-0.05, 0) is 12.5 Å². The first-order chi connectivity index (χ1) is 6.99. The van der Waals surface area contributed by atoms with Crippen molar-refractivity contribution < 1.29 is 9.90 Å². The van der Waals surface area contributed by atoms with Gasteiger partial charge in [0.1, 0.15) is 5.56 Å². The van der Waals surface area contributed by atoms with Crippen LogP contribution < -0.4 is 17.0 Å². The quantitative estimate of drug-likeness (QED) is 0.590. The zero-order valence-corrected chi connectivity index (χ0v) is 8.36. The minimum atomic E-state index is -0.768. The van der Waals surface area contributed by atoms with E-state index in [1.54, 1.807) is 0 Å². The number of hydrogen-bond donors (Lipinski definition) is 3. The van der Waals surface area contributed by atoms with Gasteiger partial charge in [0.15, 0.2) is 0 Å². The van der Waals surface area contributed by atoms with Crippen LogP contribution in [0.1, 0.15) is 15.9 Å². The summed E-state index contributed by atoms with van der Waals surface area (Å²) in [6.45, 7) is 1.87. The smallest absolute Gasteiger partial charge is 0.254 e. The molecule has 6 nitrogen and oxygen atoms in total. The molecule has 0 unspecified atom stereocenters. The third kappa shape index (κ3) is 1.99.